The van der Waals surface area contributed by atoms with Gasteiger partial charge >= 0.3 is 0 Å². The van der Waals surface area contributed by atoms with Gasteiger partial charge in [0.05, 0.1) is 0 Å². The molecule has 0 amide bonds. The second-order valence-corrected chi connectivity index (χ2v) is 6.10. The smallest absolute Gasteiger partial charge is 0.128 e. The van der Waals surface area contributed by atoms with Crippen LogP contribution in [0.2, 0.25) is 0 Å². The molecule has 1 fully saturated rings. The summed E-state index contributed by atoms with van der Waals surface area (Å²) in [5.74, 6) is 0.526. The topological polar surface area (TPSA) is 15.3 Å². The molecule has 1 aliphatic rings. The summed E-state index contributed by atoms with van der Waals surface area (Å²) < 4.78 is 13.6. The highest BCUT2D eigenvalue weighted by Crippen LogP contribution is 2.23. The zero-order valence-corrected chi connectivity index (χ0v) is 13.0. The predicted molar refractivity (Wildman–Crippen MR) is 83.7 cm³/mol. The number of halogens is 1. The highest BCUT2D eigenvalue weighted by atomic mass is 19.1. The van der Waals surface area contributed by atoms with E-state index >= 15 is 0 Å². The molecule has 0 saturated carbocycles. The van der Waals surface area contributed by atoms with E-state index in [4.69, 9.17) is 0 Å². The molecular formula is C17H27FN2. The molecule has 2 unspecified atom stereocenters. The predicted octanol–water partition coefficient (Wildman–Crippen LogP) is 4.06. The van der Waals surface area contributed by atoms with Crippen LogP contribution in [0.5, 0.6) is 0 Å². The third-order valence-corrected chi connectivity index (χ3v) is 4.36. The first-order chi connectivity index (χ1) is 9.60. The summed E-state index contributed by atoms with van der Waals surface area (Å²) in [4.78, 5) is 2.56. The van der Waals surface area contributed by atoms with Crippen molar-refractivity contribution < 1.29 is 4.39 Å². The normalized spacial score (nSPS) is 21.7. The minimum absolute atomic E-state index is 0.126. The molecule has 2 rings (SSSR count). The highest BCUT2D eigenvalue weighted by Gasteiger charge is 2.24. The molecule has 0 aromatic heterocycles. The fourth-order valence-corrected chi connectivity index (χ4v) is 3.08. The van der Waals surface area contributed by atoms with E-state index in [9.17, 15) is 4.39 Å². The molecule has 1 N–H and O–H groups in total. The van der Waals surface area contributed by atoms with Crippen LogP contribution in [0.1, 0.15) is 38.7 Å². The fourth-order valence-electron chi connectivity index (χ4n) is 3.08. The maximum Gasteiger partial charge on any atom is 0.128 e. The standard InChI is InChI=1S/C17H27FN2/c1-4-9-20-10-5-6-15(12-20)14(3)19-16-8-7-13(2)17(18)11-16/h7-8,11,14-15,19H,4-6,9-10,12H2,1-3H3. The molecule has 0 bridgehead atoms. The van der Waals surface area contributed by atoms with Crippen molar-refractivity contribution in [2.75, 3.05) is 25.0 Å². The van der Waals surface area contributed by atoms with Crippen LogP contribution in [-0.4, -0.2) is 30.6 Å². The number of nitrogens with zero attached hydrogens (tertiary/aromatic N) is 1. The van der Waals surface area contributed by atoms with E-state index in [-0.39, 0.29) is 5.82 Å². The van der Waals surface area contributed by atoms with Gasteiger partial charge in [-0.3, -0.25) is 0 Å². The molecule has 20 heavy (non-hydrogen) atoms. The molecule has 1 aromatic rings. The summed E-state index contributed by atoms with van der Waals surface area (Å²) >= 11 is 0. The molecule has 1 saturated heterocycles. The molecule has 2 nitrogen and oxygen atoms in total. The number of hydrogen-bond donors (Lipinski definition) is 1. The second-order valence-electron chi connectivity index (χ2n) is 6.10. The van der Waals surface area contributed by atoms with Crippen molar-refractivity contribution in [3.05, 3.63) is 29.6 Å². The first-order valence-corrected chi connectivity index (χ1v) is 7.85. The van der Waals surface area contributed by atoms with Gasteiger partial charge in [-0.2, -0.15) is 0 Å². The van der Waals surface area contributed by atoms with Crippen molar-refractivity contribution in [2.45, 2.75) is 46.1 Å². The van der Waals surface area contributed by atoms with Gasteiger partial charge in [0, 0.05) is 18.3 Å². The van der Waals surface area contributed by atoms with Gasteiger partial charge in [-0.05, 0) is 69.8 Å². The number of likely N-dealkylation sites (tertiary alicyclic amines) is 1. The van der Waals surface area contributed by atoms with E-state index in [0.717, 1.165) is 12.2 Å². The third kappa shape index (κ3) is 3.95. The zero-order valence-electron chi connectivity index (χ0n) is 13.0. The van der Waals surface area contributed by atoms with Crippen LogP contribution in [0.25, 0.3) is 0 Å². The van der Waals surface area contributed by atoms with Gasteiger partial charge in [-0.25, -0.2) is 4.39 Å². The Bertz CT molecular complexity index is 431. The van der Waals surface area contributed by atoms with Gasteiger partial charge in [-0.15, -0.1) is 0 Å². The number of anilines is 1. The van der Waals surface area contributed by atoms with Crippen LogP contribution in [0.15, 0.2) is 18.2 Å². The van der Waals surface area contributed by atoms with Gasteiger partial charge in [0.25, 0.3) is 0 Å². The van der Waals surface area contributed by atoms with Crippen LogP contribution in [-0.2, 0) is 0 Å². The second kappa shape index (κ2) is 7.07. The monoisotopic (exact) mass is 278 g/mol. The van der Waals surface area contributed by atoms with Gasteiger partial charge in [-0.1, -0.05) is 13.0 Å². The Morgan fingerprint density at radius 1 is 1.45 bits per heavy atom. The van der Waals surface area contributed by atoms with E-state index in [1.54, 1.807) is 13.0 Å². The third-order valence-electron chi connectivity index (χ3n) is 4.36. The lowest BCUT2D eigenvalue weighted by Crippen LogP contribution is -2.42. The minimum Gasteiger partial charge on any atom is -0.382 e. The van der Waals surface area contributed by atoms with Gasteiger partial charge in [0.1, 0.15) is 5.82 Å². The lowest BCUT2D eigenvalue weighted by Gasteiger charge is -2.36. The Morgan fingerprint density at radius 2 is 2.25 bits per heavy atom. The van der Waals surface area contributed by atoms with Crippen molar-refractivity contribution in [3.63, 3.8) is 0 Å². The fraction of sp³-hybridized carbons (Fsp3) is 0.647. The summed E-state index contributed by atoms with van der Waals surface area (Å²) in [6.45, 7) is 9.85. The first kappa shape index (κ1) is 15.3. The molecular weight excluding hydrogens is 251 g/mol. The van der Waals surface area contributed by atoms with Crippen molar-refractivity contribution in [1.29, 1.82) is 0 Å². The molecule has 1 aromatic carbocycles. The maximum atomic E-state index is 13.6. The number of benzene rings is 1. The number of aryl methyl sites for hydroxylation is 1. The number of rotatable bonds is 5. The van der Waals surface area contributed by atoms with Gasteiger partial charge in [0.2, 0.25) is 0 Å². The molecule has 112 valence electrons. The molecule has 0 radical (unpaired) electrons. The number of hydrogen-bond acceptors (Lipinski definition) is 2. The summed E-state index contributed by atoms with van der Waals surface area (Å²) in [6, 6.07) is 5.81. The quantitative estimate of drug-likeness (QED) is 0.874. The van der Waals surface area contributed by atoms with Gasteiger partial charge in [0.15, 0.2) is 0 Å². The number of nitrogens with one attached hydrogen (secondary N) is 1. The molecule has 3 heteroatoms. The Kier molecular flexibility index (Phi) is 5.41. The summed E-state index contributed by atoms with van der Waals surface area (Å²) in [6.07, 6.45) is 3.76. The van der Waals surface area contributed by atoms with Crippen LogP contribution < -0.4 is 5.32 Å². The van der Waals surface area contributed by atoms with Crippen LogP contribution >= 0.6 is 0 Å². The Morgan fingerprint density at radius 3 is 2.95 bits per heavy atom. The first-order valence-electron chi connectivity index (χ1n) is 7.85. The Hall–Kier alpha value is -1.09. The van der Waals surface area contributed by atoms with E-state index < -0.39 is 0 Å². The van der Waals surface area contributed by atoms with E-state index in [1.807, 2.05) is 12.1 Å². The summed E-state index contributed by atoms with van der Waals surface area (Å²) in [5, 5.41) is 3.48. The largest absolute Gasteiger partial charge is 0.382 e. The molecule has 1 aliphatic heterocycles. The SMILES string of the molecule is CCCN1CCCC(C(C)Nc2ccc(C)c(F)c2)C1. The zero-order chi connectivity index (χ0) is 14.5. The average molecular weight is 278 g/mol. The van der Waals surface area contributed by atoms with Gasteiger partial charge < -0.3 is 10.2 Å². The molecule has 0 spiro atoms. The van der Waals surface area contributed by atoms with E-state index in [1.165, 1.54) is 32.4 Å². The van der Waals surface area contributed by atoms with Crippen molar-refractivity contribution in [3.8, 4) is 0 Å². The Balaban J connectivity index is 1.93. The van der Waals surface area contributed by atoms with Crippen molar-refractivity contribution in [2.24, 2.45) is 5.92 Å². The summed E-state index contributed by atoms with van der Waals surface area (Å²) in [7, 11) is 0. The molecule has 1 heterocycles. The number of piperidine rings is 1. The average Bonchev–Trinajstić information content (AvgIpc) is 2.43. The van der Waals surface area contributed by atoms with Crippen LogP contribution in [0.3, 0.4) is 0 Å². The molecule has 0 aliphatic carbocycles. The lowest BCUT2D eigenvalue weighted by molar-refractivity contribution is 0.165. The highest BCUT2D eigenvalue weighted by molar-refractivity contribution is 5.46. The maximum absolute atomic E-state index is 13.6. The molecule has 2 atom stereocenters. The van der Waals surface area contributed by atoms with Crippen LogP contribution in [0, 0.1) is 18.7 Å². The lowest BCUT2D eigenvalue weighted by atomic mass is 9.91. The summed E-state index contributed by atoms with van der Waals surface area (Å²) in [5.41, 5.74) is 1.60. The van der Waals surface area contributed by atoms with Crippen LogP contribution in [0.4, 0.5) is 10.1 Å². The minimum atomic E-state index is -0.126. The van der Waals surface area contributed by atoms with Crippen molar-refractivity contribution >= 4 is 5.69 Å². The van der Waals surface area contributed by atoms with E-state index in [2.05, 4.69) is 24.1 Å². The van der Waals surface area contributed by atoms with Crippen molar-refractivity contribution in [1.82, 2.24) is 4.90 Å². The Labute approximate surface area is 122 Å². The van der Waals surface area contributed by atoms with E-state index in [0.29, 0.717) is 17.5 Å².